The van der Waals surface area contributed by atoms with Crippen molar-refractivity contribution in [2.45, 2.75) is 50.5 Å². The van der Waals surface area contributed by atoms with Crippen LogP contribution >= 0.6 is 0 Å². The molecule has 0 rings (SSSR count). The Morgan fingerprint density at radius 1 is 1.18 bits per heavy atom. The van der Waals surface area contributed by atoms with E-state index in [0.29, 0.717) is 6.42 Å². The van der Waals surface area contributed by atoms with Gasteiger partial charge in [0.1, 0.15) is 0 Å². The van der Waals surface area contributed by atoms with Crippen molar-refractivity contribution in [2.75, 3.05) is 19.7 Å². The van der Waals surface area contributed by atoms with E-state index in [9.17, 15) is 35.6 Å². The van der Waals surface area contributed by atoms with Crippen molar-refractivity contribution in [2.24, 2.45) is 5.92 Å². The maximum absolute atomic E-state index is 13.3. The van der Waals surface area contributed by atoms with Gasteiger partial charge in [-0.05, 0) is 12.8 Å². The highest BCUT2D eigenvalue weighted by molar-refractivity contribution is 7.87. The lowest BCUT2D eigenvalue weighted by molar-refractivity contribution is -0.222. The summed E-state index contributed by atoms with van der Waals surface area (Å²) in [5.41, 5.74) is 0. The van der Waals surface area contributed by atoms with Crippen molar-refractivity contribution in [3.8, 4) is 0 Å². The molecule has 2 atom stereocenters. The number of ether oxygens (including phenoxy) is 1. The van der Waals surface area contributed by atoms with Crippen molar-refractivity contribution in [3.63, 3.8) is 0 Å². The van der Waals surface area contributed by atoms with Crippen LogP contribution in [0.4, 0.5) is 17.6 Å². The quantitative estimate of drug-likeness (QED) is 0.107. The number of nitrogens with one attached hydrogen (secondary N) is 2. The van der Waals surface area contributed by atoms with E-state index in [1.807, 2.05) is 6.92 Å². The van der Waals surface area contributed by atoms with Crippen LogP contribution in [0.2, 0.25) is 0 Å². The molecule has 0 fully saturated rings. The largest absolute Gasteiger partial charge is 0.465 e. The molecule has 0 heterocycles. The SMILES string of the molecule is CCC(C)C(=O)OCCCC(=O)NCCNC(O)C(F)(F)C(F)(F)S(=O)(=O)O. The van der Waals surface area contributed by atoms with Gasteiger partial charge in [-0.25, -0.2) is 0 Å². The van der Waals surface area contributed by atoms with E-state index in [2.05, 4.69) is 5.32 Å². The summed E-state index contributed by atoms with van der Waals surface area (Å²) in [6.07, 6.45) is -2.56. The standard InChI is InChI=1S/C14H24F4N2O7S/c1-3-9(2)11(22)27-8-4-5-10(21)19-6-7-20-12(23)13(15,16)14(17,18)28(24,25)26/h9,12,20,23H,3-8H2,1-2H3,(H,19,21)(H,24,25,26). The van der Waals surface area contributed by atoms with Gasteiger partial charge in [0.2, 0.25) is 5.91 Å². The average molecular weight is 440 g/mol. The lowest BCUT2D eigenvalue weighted by atomic mass is 10.1. The Morgan fingerprint density at radius 2 is 1.75 bits per heavy atom. The number of esters is 1. The Balaban J connectivity index is 4.18. The minimum Gasteiger partial charge on any atom is -0.465 e. The molecule has 0 spiro atoms. The fourth-order valence-corrected chi connectivity index (χ4v) is 2.13. The van der Waals surface area contributed by atoms with Crippen molar-refractivity contribution < 1.29 is 50.0 Å². The first-order chi connectivity index (χ1) is 12.7. The van der Waals surface area contributed by atoms with Crippen LogP contribution in [0.5, 0.6) is 0 Å². The second-order valence-electron chi connectivity index (χ2n) is 5.90. The summed E-state index contributed by atoms with van der Waals surface area (Å²) in [6.45, 7) is 2.55. The number of amides is 1. The average Bonchev–Trinajstić information content (AvgIpc) is 2.59. The number of carbonyl (C=O) groups is 2. The lowest BCUT2D eigenvalue weighted by Crippen LogP contribution is -2.59. The Bertz CT molecular complexity index is 631. The molecule has 14 heteroatoms. The van der Waals surface area contributed by atoms with Crippen molar-refractivity contribution in [3.05, 3.63) is 0 Å². The van der Waals surface area contributed by atoms with E-state index in [1.54, 1.807) is 6.92 Å². The molecule has 0 aliphatic rings. The third-order valence-electron chi connectivity index (χ3n) is 3.65. The topological polar surface area (TPSA) is 142 Å². The second kappa shape index (κ2) is 10.9. The lowest BCUT2D eigenvalue weighted by Gasteiger charge is -2.28. The number of aliphatic hydroxyl groups excluding tert-OH is 1. The highest BCUT2D eigenvalue weighted by Gasteiger charge is 2.69. The molecule has 1 amide bonds. The monoisotopic (exact) mass is 440 g/mol. The van der Waals surface area contributed by atoms with Gasteiger partial charge in [-0.3, -0.25) is 19.5 Å². The summed E-state index contributed by atoms with van der Waals surface area (Å²) in [5.74, 6) is -6.74. The zero-order chi connectivity index (χ0) is 22.2. The molecule has 2 unspecified atom stereocenters. The molecule has 0 aromatic rings. The Hall–Kier alpha value is -1.51. The summed E-state index contributed by atoms with van der Waals surface area (Å²) in [6, 6.07) is 0. The zero-order valence-electron chi connectivity index (χ0n) is 15.3. The highest BCUT2D eigenvalue weighted by Crippen LogP contribution is 2.39. The molecule has 0 radical (unpaired) electrons. The fraction of sp³-hybridized carbons (Fsp3) is 0.857. The maximum Gasteiger partial charge on any atom is 0.435 e. The molecule has 0 saturated carbocycles. The molecule has 166 valence electrons. The van der Waals surface area contributed by atoms with Crippen molar-refractivity contribution in [1.29, 1.82) is 0 Å². The predicted molar refractivity (Wildman–Crippen MR) is 88.1 cm³/mol. The molecule has 9 nitrogen and oxygen atoms in total. The maximum atomic E-state index is 13.3. The molecule has 0 aliphatic heterocycles. The number of alkyl halides is 4. The van der Waals surface area contributed by atoms with Crippen LogP contribution in [0.1, 0.15) is 33.1 Å². The van der Waals surface area contributed by atoms with E-state index < -0.39 is 45.9 Å². The fourth-order valence-electron chi connectivity index (χ4n) is 1.67. The third kappa shape index (κ3) is 7.48. The summed E-state index contributed by atoms with van der Waals surface area (Å²) in [4.78, 5) is 22.9. The first-order valence-corrected chi connectivity index (χ1v) is 9.69. The van der Waals surface area contributed by atoms with Crippen LogP contribution in [0, 0.1) is 5.92 Å². The first kappa shape index (κ1) is 26.5. The van der Waals surface area contributed by atoms with Gasteiger partial charge in [-0.2, -0.15) is 26.0 Å². The molecule has 0 aromatic carbocycles. The van der Waals surface area contributed by atoms with Gasteiger partial charge in [0, 0.05) is 19.5 Å². The summed E-state index contributed by atoms with van der Waals surface area (Å²) in [7, 11) is -6.46. The minimum atomic E-state index is -6.46. The van der Waals surface area contributed by atoms with E-state index in [4.69, 9.17) is 14.4 Å². The van der Waals surface area contributed by atoms with Crippen LogP contribution in [0.15, 0.2) is 0 Å². The second-order valence-corrected chi connectivity index (χ2v) is 7.36. The van der Waals surface area contributed by atoms with Gasteiger partial charge in [-0.1, -0.05) is 13.8 Å². The van der Waals surface area contributed by atoms with Crippen molar-refractivity contribution >= 4 is 22.0 Å². The van der Waals surface area contributed by atoms with Crippen LogP contribution < -0.4 is 10.6 Å². The molecule has 28 heavy (non-hydrogen) atoms. The number of halogens is 4. The zero-order valence-corrected chi connectivity index (χ0v) is 16.1. The number of aliphatic hydroxyl groups is 1. The predicted octanol–water partition coefficient (Wildman–Crippen LogP) is 0.496. The van der Waals surface area contributed by atoms with Gasteiger partial charge >= 0.3 is 27.3 Å². The van der Waals surface area contributed by atoms with Gasteiger partial charge in [0.25, 0.3) is 0 Å². The first-order valence-electron chi connectivity index (χ1n) is 8.25. The van der Waals surface area contributed by atoms with E-state index in [1.165, 1.54) is 5.32 Å². The Kier molecular flexibility index (Phi) is 10.3. The van der Waals surface area contributed by atoms with Gasteiger partial charge < -0.3 is 15.2 Å². The molecule has 0 saturated heterocycles. The number of rotatable bonds is 13. The molecular formula is C14H24F4N2O7S. The summed E-state index contributed by atoms with van der Waals surface area (Å²) < 4.78 is 86.4. The van der Waals surface area contributed by atoms with E-state index in [-0.39, 0.29) is 31.9 Å². The van der Waals surface area contributed by atoms with Crippen LogP contribution in [0.25, 0.3) is 0 Å². The van der Waals surface area contributed by atoms with Gasteiger partial charge in [0.05, 0.1) is 12.5 Å². The highest BCUT2D eigenvalue weighted by atomic mass is 32.2. The van der Waals surface area contributed by atoms with Gasteiger partial charge in [0.15, 0.2) is 6.23 Å². The van der Waals surface area contributed by atoms with Gasteiger partial charge in [-0.15, -0.1) is 0 Å². The normalized spacial score (nSPS) is 15.0. The van der Waals surface area contributed by atoms with Crippen LogP contribution in [0.3, 0.4) is 0 Å². The molecular weight excluding hydrogens is 416 g/mol. The van der Waals surface area contributed by atoms with Crippen LogP contribution in [-0.2, 0) is 24.4 Å². The van der Waals surface area contributed by atoms with E-state index in [0.717, 1.165) is 0 Å². The summed E-state index contributed by atoms with van der Waals surface area (Å²) >= 11 is 0. The molecule has 0 aliphatic carbocycles. The Labute approximate surface area is 159 Å². The summed E-state index contributed by atoms with van der Waals surface area (Å²) in [5, 5.41) is 6.89. The Morgan fingerprint density at radius 3 is 2.25 bits per heavy atom. The number of hydrogen-bond donors (Lipinski definition) is 4. The number of hydrogen-bond acceptors (Lipinski definition) is 7. The minimum absolute atomic E-state index is 0.00446. The van der Waals surface area contributed by atoms with Crippen molar-refractivity contribution in [1.82, 2.24) is 10.6 Å². The molecule has 4 N–H and O–H groups in total. The number of carbonyl (C=O) groups excluding carboxylic acids is 2. The molecule has 0 bridgehead atoms. The smallest absolute Gasteiger partial charge is 0.435 e. The third-order valence-corrected chi connectivity index (χ3v) is 4.57. The van der Waals surface area contributed by atoms with Crippen LogP contribution in [-0.4, -0.2) is 67.1 Å². The van der Waals surface area contributed by atoms with E-state index >= 15 is 0 Å². The molecule has 0 aromatic heterocycles.